The number of rotatable bonds is 10. The third kappa shape index (κ3) is 7.18. The van der Waals surface area contributed by atoms with Gasteiger partial charge < -0.3 is 10.6 Å². The maximum absolute atomic E-state index is 4.77. The monoisotopic (exact) mass is 424 g/mol. The summed E-state index contributed by atoms with van der Waals surface area (Å²) in [4.78, 5) is 14.3. The summed E-state index contributed by atoms with van der Waals surface area (Å²) in [5, 5.41) is 7.09. The Morgan fingerprint density at radius 3 is 2.39 bits per heavy atom. The highest BCUT2D eigenvalue weighted by Crippen LogP contribution is 2.18. The number of nitrogens with zero attached hydrogens (tertiary/aromatic N) is 4. The highest BCUT2D eigenvalue weighted by atomic mass is 15.2. The summed E-state index contributed by atoms with van der Waals surface area (Å²) in [6, 6.07) is 12.2. The van der Waals surface area contributed by atoms with Gasteiger partial charge in [0.2, 0.25) is 5.95 Å². The lowest BCUT2D eigenvalue weighted by Crippen LogP contribution is -2.40. The van der Waals surface area contributed by atoms with E-state index in [2.05, 4.69) is 90.4 Å². The lowest BCUT2D eigenvalue weighted by atomic mass is 10.0. The second-order valence-electron chi connectivity index (χ2n) is 9.26. The fourth-order valence-corrected chi connectivity index (χ4v) is 4.37. The summed E-state index contributed by atoms with van der Waals surface area (Å²) in [5.74, 6) is 1.67. The normalized spacial score (nSPS) is 15.7. The molecular formula is C25H40N6. The van der Waals surface area contributed by atoms with E-state index in [9.17, 15) is 0 Å². The standard InChI is InChI=1S/C25H40N6/c1-19(2)31(20(3)4)16-13-26-24-21(5)17-27-25(29-24)28-23-11-14-30(15-12-23)18-22-9-7-6-8-10-22/h6-10,17,19-20,23H,11-16,18H2,1-5H3,(H2,26,27,28,29). The van der Waals surface area contributed by atoms with Gasteiger partial charge in [-0.3, -0.25) is 9.80 Å². The minimum atomic E-state index is 0.431. The van der Waals surface area contributed by atoms with Crippen LogP contribution < -0.4 is 10.6 Å². The summed E-state index contributed by atoms with van der Waals surface area (Å²) < 4.78 is 0. The molecule has 1 fully saturated rings. The molecule has 3 rings (SSSR count). The molecule has 170 valence electrons. The van der Waals surface area contributed by atoms with Crippen molar-refractivity contribution >= 4 is 11.8 Å². The first-order chi connectivity index (χ1) is 14.9. The first kappa shape index (κ1) is 23.5. The lowest BCUT2D eigenvalue weighted by Gasteiger charge is -2.32. The van der Waals surface area contributed by atoms with E-state index in [1.807, 2.05) is 6.20 Å². The van der Waals surface area contributed by atoms with Crippen molar-refractivity contribution in [3.05, 3.63) is 47.7 Å². The van der Waals surface area contributed by atoms with Crippen LogP contribution in [0.5, 0.6) is 0 Å². The summed E-state index contributed by atoms with van der Waals surface area (Å²) in [5.41, 5.74) is 2.48. The van der Waals surface area contributed by atoms with E-state index in [4.69, 9.17) is 4.98 Å². The number of nitrogens with one attached hydrogen (secondary N) is 2. The topological polar surface area (TPSA) is 56.3 Å². The summed E-state index contributed by atoms with van der Waals surface area (Å²) in [7, 11) is 0. The van der Waals surface area contributed by atoms with Gasteiger partial charge in [0.1, 0.15) is 5.82 Å². The molecule has 6 nitrogen and oxygen atoms in total. The first-order valence-corrected chi connectivity index (χ1v) is 11.8. The smallest absolute Gasteiger partial charge is 0.224 e. The number of benzene rings is 1. The van der Waals surface area contributed by atoms with Gasteiger partial charge in [-0.05, 0) is 53.0 Å². The number of aromatic nitrogens is 2. The molecular weight excluding hydrogens is 384 g/mol. The van der Waals surface area contributed by atoms with Crippen molar-refractivity contribution in [2.75, 3.05) is 36.8 Å². The Hall–Kier alpha value is -2.18. The highest BCUT2D eigenvalue weighted by molar-refractivity contribution is 5.46. The molecule has 6 heteroatoms. The first-order valence-electron chi connectivity index (χ1n) is 11.8. The number of anilines is 2. The number of hydrogen-bond donors (Lipinski definition) is 2. The van der Waals surface area contributed by atoms with Crippen molar-refractivity contribution in [3.8, 4) is 0 Å². The molecule has 2 aromatic rings. The number of likely N-dealkylation sites (tertiary alicyclic amines) is 1. The average molecular weight is 425 g/mol. The van der Waals surface area contributed by atoms with Crippen LogP contribution in [-0.4, -0.2) is 64.1 Å². The van der Waals surface area contributed by atoms with E-state index in [-0.39, 0.29) is 0 Å². The molecule has 1 aromatic heterocycles. The van der Waals surface area contributed by atoms with Gasteiger partial charge in [0, 0.05) is 62.6 Å². The maximum atomic E-state index is 4.77. The lowest BCUT2D eigenvalue weighted by molar-refractivity contribution is 0.182. The van der Waals surface area contributed by atoms with Gasteiger partial charge in [-0.15, -0.1) is 0 Å². The van der Waals surface area contributed by atoms with E-state index in [1.165, 1.54) is 5.56 Å². The Balaban J connectivity index is 1.48. The summed E-state index contributed by atoms with van der Waals surface area (Å²) in [6.45, 7) is 16.2. The van der Waals surface area contributed by atoms with Crippen molar-refractivity contribution in [2.45, 2.75) is 72.1 Å². The molecule has 1 aliphatic heterocycles. The van der Waals surface area contributed by atoms with Crippen LogP contribution >= 0.6 is 0 Å². The molecule has 0 spiro atoms. The summed E-state index contributed by atoms with van der Waals surface area (Å²) >= 11 is 0. The van der Waals surface area contributed by atoms with E-state index >= 15 is 0 Å². The zero-order chi connectivity index (χ0) is 22.2. The van der Waals surface area contributed by atoms with Crippen molar-refractivity contribution in [3.63, 3.8) is 0 Å². The van der Waals surface area contributed by atoms with Gasteiger partial charge >= 0.3 is 0 Å². The Kier molecular flexibility index (Phi) is 8.67. The average Bonchev–Trinajstić information content (AvgIpc) is 2.75. The van der Waals surface area contributed by atoms with Crippen molar-refractivity contribution in [1.82, 2.24) is 19.8 Å². The van der Waals surface area contributed by atoms with Crippen LogP contribution in [0.25, 0.3) is 0 Å². The van der Waals surface area contributed by atoms with E-state index < -0.39 is 0 Å². The SMILES string of the molecule is Cc1cnc(NC2CCN(Cc3ccccc3)CC2)nc1NCCN(C(C)C)C(C)C. The second-order valence-corrected chi connectivity index (χ2v) is 9.26. The quantitative estimate of drug-likeness (QED) is 0.590. The van der Waals surface area contributed by atoms with Crippen LogP contribution in [0, 0.1) is 6.92 Å². The van der Waals surface area contributed by atoms with E-state index in [0.717, 1.165) is 62.9 Å². The molecule has 0 bridgehead atoms. The maximum Gasteiger partial charge on any atom is 0.224 e. The fraction of sp³-hybridized carbons (Fsp3) is 0.600. The molecule has 1 aromatic carbocycles. The Morgan fingerprint density at radius 1 is 1.06 bits per heavy atom. The largest absolute Gasteiger partial charge is 0.368 e. The molecule has 2 N–H and O–H groups in total. The molecule has 31 heavy (non-hydrogen) atoms. The van der Waals surface area contributed by atoms with Crippen molar-refractivity contribution in [2.24, 2.45) is 0 Å². The third-order valence-corrected chi connectivity index (χ3v) is 6.13. The number of piperidine rings is 1. The van der Waals surface area contributed by atoms with Gasteiger partial charge in [0.25, 0.3) is 0 Å². The van der Waals surface area contributed by atoms with E-state index in [0.29, 0.717) is 18.1 Å². The van der Waals surface area contributed by atoms with Crippen molar-refractivity contribution < 1.29 is 0 Å². The third-order valence-electron chi connectivity index (χ3n) is 6.13. The molecule has 0 aliphatic carbocycles. The zero-order valence-electron chi connectivity index (χ0n) is 19.9. The molecule has 0 radical (unpaired) electrons. The van der Waals surface area contributed by atoms with E-state index in [1.54, 1.807) is 0 Å². The molecule has 2 heterocycles. The minimum absolute atomic E-state index is 0.431. The fourth-order valence-electron chi connectivity index (χ4n) is 4.37. The van der Waals surface area contributed by atoms with Crippen LogP contribution in [-0.2, 0) is 6.54 Å². The number of aryl methyl sites for hydroxylation is 1. The van der Waals surface area contributed by atoms with Crippen LogP contribution in [0.1, 0.15) is 51.7 Å². The van der Waals surface area contributed by atoms with Gasteiger partial charge in [0.15, 0.2) is 0 Å². The van der Waals surface area contributed by atoms with Crippen LogP contribution in [0.15, 0.2) is 36.5 Å². The van der Waals surface area contributed by atoms with Crippen LogP contribution in [0.4, 0.5) is 11.8 Å². The molecule has 1 saturated heterocycles. The van der Waals surface area contributed by atoms with Gasteiger partial charge in [-0.2, -0.15) is 4.98 Å². The predicted octanol–water partition coefficient (Wildman–Crippen LogP) is 4.39. The van der Waals surface area contributed by atoms with Gasteiger partial charge in [0.05, 0.1) is 0 Å². The highest BCUT2D eigenvalue weighted by Gasteiger charge is 2.20. The Morgan fingerprint density at radius 2 is 1.74 bits per heavy atom. The molecule has 0 atom stereocenters. The van der Waals surface area contributed by atoms with Crippen LogP contribution in [0.2, 0.25) is 0 Å². The number of hydrogen-bond acceptors (Lipinski definition) is 6. The Labute approximate surface area is 188 Å². The molecule has 0 unspecified atom stereocenters. The predicted molar refractivity (Wildman–Crippen MR) is 131 cm³/mol. The second kappa shape index (κ2) is 11.4. The van der Waals surface area contributed by atoms with Gasteiger partial charge in [-0.1, -0.05) is 30.3 Å². The minimum Gasteiger partial charge on any atom is -0.368 e. The molecule has 1 aliphatic rings. The van der Waals surface area contributed by atoms with Gasteiger partial charge in [-0.25, -0.2) is 4.98 Å². The summed E-state index contributed by atoms with van der Waals surface area (Å²) in [6.07, 6.45) is 4.15. The molecule has 0 saturated carbocycles. The Bertz CT molecular complexity index is 776. The van der Waals surface area contributed by atoms with Crippen LogP contribution in [0.3, 0.4) is 0 Å². The molecule has 0 amide bonds. The van der Waals surface area contributed by atoms with Crippen molar-refractivity contribution in [1.29, 1.82) is 0 Å². The zero-order valence-corrected chi connectivity index (χ0v) is 19.9.